The van der Waals surface area contributed by atoms with Crippen molar-refractivity contribution in [3.63, 3.8) is 0 Å². The van der Waals surface area contributed by atoms with Crippen LogP contribution in [0.2, 0.25) is 0 Å². The van der Waals surface area contributed by atoms with Crippen molar-refractivity contribution in [3.8, 4) is 0 Å². The first-order valence-corrected chi connectivity index (χ1v) is 7.14. The number of halogens is 2. The molecule has 0 aliphatic carbocycles. The lowest BCUT2D eigenvalue weighted by Gasteiger charge is -2.08. The fraction of sp³-hybridized carbons (Fsp3) is 0.357. The predicted molar refractivity (Wildman–Crippen MR) is 78.6 cm³/mol. The lowest BCUT2D eigenvalue weighted by atomic mass is 10.2. The summed E-state index contributed by atoms with van der Waals surface area (Å²) in [6.07, 6.45) is 1.61. The molecule has 1 aromatic heterocycles. The van der Waals surface area contributed by atoms with Gasteiger partial charge >= 0.3 is 0 Å². The zero-order valence-electron chi connectivity index (χ0n) is 11.1. The van der Waals surface area contributed by atoms with Gasteiger partial charge in [0.05, 0.1) is 28.1 Å². The third kappa shape index (κ3) is 2.66. The molecule has 0 aliphatic heterocycles. The Hall–Kier alpha value is -1.36. The molecule has 2 aromatic rings. The third-order valence-corrected chi connectivity index (χ3v) is 4.08. The maximum absolute atomic E-state index is 13.5. The lowest BCUT2D eigenvalue weighted by Crippen LogP contribution is -2.07. The number of nitrogens with zero attached hydrogens (tertiary/aromatic N) is 2. The molecule has 5 heteroatoms. The van der Waals surface area contributed by atoms with E-state index >= 15 is 0 Å². The monoisotopic (exact) mass is 325 g/mol. The van der Waals surface area contributed by atoms with Gasteiger partial charge in [-0.3, -0.25) is 4.68 Å². The molecule has 102 valence electrons. The number of anilines is 1. The second-order valence-corrected chi connectivity index (χ2v) is 5.18. The van der Waals surface area contributed by atoms with Gasteiger partial charge in [-0.05, 0) is 40.4 Å². The fourth-order valence-electron chi connectivity index (χ4n) is 2.16. The molecule has 0 spiro atoms. The molecular formula is C14H17BrFN3. The molecule has 0 unspecified atom stereocenters. The van der Waals surface area contributed by atoms with Crippen molar-refractivity contribution >= 4 is 21.6 Å². The molecule has 0 amide bonds. The van der Waals surface area contributed by atoms with Crippen LogP contribution in [0.3, 0.4) is 0 Å². The van der Waals surface area contributed by atoms with Crippen LogP contribution in [0.25, 0.3) is 0 Å². The quantitative estimate of drug-likeness (QED) is 0.934. The summed E-state index contributed by atoms with van der Waals surface area (Å²) in [5, 5.41) is 4.51. The van der Waals surface area contributed by atoms with Crippen LogP contribution >= 0.6 is 15.9 Å². The average molecular weight is 326 g/mol. The van der Waals surface area contributed by atoms with Gasteiger partial charge in [0.2, 0.25) is 0 Å². The third-order valence-electron chi connectivity index (χ3n) is 3.20. The summed E-state index contributed by atoms with van der Waals surface area (Å²) in [7, 11) is 0. The molecule has 0 saturated heterocycles. The first-order chi connectivity index (χ1) is 9.08. The summed E-state index contributed by atoms with van der Waals surface area (Å²) in [6.45, 7) is 4.59. The van der Waals surface area contributed by atoms with E-state index in [1.165, 1.54) is 6.07 Å². The fourth-order valence-corrected chi connectivity index (χ4v) is 2.55. The second-order valence-electron chi connectivity index (χ2n) is 4.38. The standard InChI is InChI=1S/C14H17BrFN3/c1-3-11-14(17)12(4-2)19(18-11)8-9-6-5-7-10(16)13(9)15/h5-7H,3-4,8,17H2,1-2H3. The Kier molecular flexibility index (Phi) is 4.24. The Morgan fingerprint density at radius 1 is 1.32 bits per heavy atom. The summed E-state index contributed by atoms with van der Waals surface area (Å²) in [5.74, 6) is -0.258. The van der Waals surface area contributed by atoms with E-state index in [9.17, 15) is 4.39 Å². The Labute approximate surface area is 120 Å². The van der Waals surface area contributed by atoms with Crippen molar-refractivity contribution in [2.45, 2.75) is 33.2 Å². The maximum atomic E-state index is 13.5. The van der Waals surface area contributed by atoms with E-state index in [0.29, 0.717) is 11.0 Å². The van der Waals surface area contributed by atoms with Gasteiger partial charge in [-0.1, -0.05) is 26.0 Å². The van der Waals surface area contributed by atoms with Gasteiger partial charge in [0.15, 0.2) is 0 Å². The van der Waals surface area contributed by atoms with E-state index in [2.05, 4.69) is 21.0 Å². The Balaban J connectivity index is 2.40. The molecule has 0 atom stereocenters. The second kappa shape index (κ2) is 5.74. The van der Waals surface area contributed by atoms with Crippen LogP contribution in [0.15, 0.2) is 22.7 Å². The molecule has 0 bridgehead atoms. The van der Waals surface area contributed by atoms with Crippen LogP contribution in [0.1, 0.15) is 30.8 Å². The SMILES string of the molecule is CCc1nn(Cc2cccc(F)c2Br)c(CC)c1N. The van der Waals surface area contributed by atoms with Crippen LogP contribution in [0.5, 0.6) is 0 Å². The van der Waals surface area contributed by atoms with Crippen molar-refractivity contribution in [2.75, 3.05) is 5.73 Å². The Morgan fingerprint density at radius 2 is 2.05 bits per heavy atom. The molecule has 1 aromatic carbocycles. The van der Waals surface area contributed by atoms with Gasteiger partial charge in [-0.25, -0.2) is 4.39 Å². The van der Waals surface area contributed by atoms with Gasteiger partial charge in [0.1, 0.15) is 5.82 Å². The summed E-state index contributed by atoms with van der Waals surface area (Å²) >= 11 is 3.28. The van der Waals surface area contributed by atoms with E-state index in [0.717, 1.165) is 35.5 Å². The minimum atomic E-state index is -0.258. The minimum Gasteiger partial charge on any atom is -0.396 e. The number of hydrogen-bond acceptors (Lipinski definition) is 2. The van der Waals surface area contributed by atoms with Gasteiger partial charge in [0, 0.05) is 0 Å². The molecule has 19 heavy (non-hydrogen) atoms. The molecule has 3 nitrogen and oxygen atoms in total. The van der Waals surface area contributed by atoms with Crippen LogP contribution < -0.4 is 5.73 Å². The van der Waals surface area contributed by atoms with Crippen LogP contribution in [0.4, 0.5) is 10.1 Å². The van der Waals surface area contributed by atoms with E-state index in [1.807, 2.05) is 24.6 Å². The number of benzene rings is 1. The van der Waals surface area contributed by atoms with Crippen LogP contribution in [-0.2, 0) is 19.4 Å². The largest absolute Gasteiger partial charge is 0.396 e. The van der Waals surface area contributed by atoms with Gasteiger partial charge in [-0.2, -0.15) is 5.10 Å². The first-order valence-electron chi connectivity index (χ1n) is 6.35. The molecule has 0 fully saturated rings. The van der Waals surface area contributed by atoms with Crippen molar-refractivity contribution in [1.29, 1.82) is 0 Å². The van der Waals surface area contributed by atoms with Crippen molar-refractivity contribution in [2.24, 2.45) is 0 Å². The number of aryl methyl sites for hydroxylation is 1. The number of rotatable bonds is 4. The lowest BCUT2D eigenvalue weighted by molar-refractivity contribution is 0.604. The number of hydrogen-bond donors (Lipinski definition) is 1. The Morgan fingerprint density at radius 3 is 2.68 bits per heavy atom. The average Bonchev–Trinajstić information content (AvgIpc) is 2.70. The van der Waals surface area contributed by atoms with Gasteiger partial charge < -0.3 is 5.73 Å². The van der Waals surface area contributed by atoms with Crippen molar-refractivity contribution in [1.82, 2.24) is 9.78 Å². The highest BCUT2D eigenvalue weighted by atomic mass is 79.9. The highest BCUT2D eigenvalue weighted by Crippen LogP contribution is 2.24. The zero-order chi connectivity index (χ0) is 14.0. The normalized spacial score (nSPS) is 10.9. The minimum absolute atomic E-state index is 0.258. The number of nitrogens with two attached hydrogens (primary N) is 1. The molecular weight excluding hydrogens is 309 g/mol. The van der Waals surface area contributed by atoms with Crippen molar-refractivity contribution < 1.29 is 4.39 Å². The molecule has 0 radical (unpaired) electrons. The molecule has 2 rings (SSSR count). The Bertz CT molecular complexity index is 593. The van der Waals surface area contributed by atoms with E-state index < -0.39 is 0 Å². The van der Waals surface area contributed by atoms with Crippen LogP contribution in [0, 0.1) is 5.82 Å². The van der Waals surface area contributed by atoms with Gasteiger partial charge in [0.25, 0.3) is 0 Å². The highest BCUT2D eigenvalue weighted by molar-refractivity contribution is 9.10. The first kappa shape index (κ1) is 14.1. The highest BCUT2D eigenvalue weighted by Gasteiger charge is 2.14. The molecule has 2 N–H and O–H groups in total. The van der Waals surface area contributed by atoms with E-state index in [4.69, 9.17) is 5.73 Å². The van der Waals surface area contributed by atoms with Crippen molar-refractivity contribution in [3.05, 3.63) is 45.4 Å². The summed E-state index contributed by atoms with van der Waals surface area (Å²) in [4.78, 5) is 0. The zero-order valence-corrected chi connectivity index (χ0v) is 12.7. The predicted octanol–water partition coefficient (Wildman–Crippen LogP) is 3.54. The number of aromatic nitrogens is 2. The topological polar surface area (TPSA) is 43.8 Å². The summed E-state index contributed by atoms with van der Waals surface area (Å²) in [6, 6.07) is 5.02. The maximum Gasteiger partial charge on any atom is 0.137 e. The van der Waals surface area contributed by atoms with Crippen LogP contribution in [-0.4, -0.2) is 9.78 Å². The number of nitrogen functional groups attached to an aromatic ring is 1. The summed E-state index contributed by atoms with van der Waals surface area (Å²) < 4.78 is 15.9. The molecule has 0 aliphatic rings. The van der Waals surface area contributed by atoms with E-state index in [-0.39, 0.29) is 5.82 Å². The molecule has 0 saturated carbocycles. The smallest absolute Gasteiger partial charge is 0.137 e. The molecule has 1 heterocycles. The summed E-state index contributed by atoms with van der Waals surface area (Å²) in [5.41, 5.74) is 9.61. The van der Waals surface area contributed by atoms with Gasteiger partial charge in [-0.15, -0.1) is 0 Å². The van der Waals surface area contributed by atoms with E-state index in [1.54, 1.807) is 6.07 Å².